The van der Waals surface area contributed by atoms with Crippen LogP contribution in [0.3, 0.4) is 0 Å². The largest absolute Gasteiger partial charge is 0.469 e. The molecule has 0 aromatic rings. The summed E-state index contributed by atoms with van der Waals surface area (Å²) in [5, 5.41) is 19.2. The van der Waals surface area contributed by atoms with Crippen molar-refractivity contribution in [3.63, 3.8) is 0 Å². The molecule has 16 heavy (non-hydrogen) atoms. The fourth-order valence-corrected chi connectivity index (χ4v) is 2.94. The molecule has 4 heteroatoms. The Balaban J connectivity index is 2.81. The Labute approximate surface area is 96.6 Å². The lowest BCUT2D eigenvalue weighted by molar-refractivity contribution is -0.146. The van der Waals surface area contributed by atoms with Gasteiger partial charge in [-0.3, -0.25) is 4.79 Å². The third kappa shape index (κ3) is 2.38. The summed E-state index contributed by atoms with van der Waals surface area (Å²) >= 11 is 0. The quantitative estimate of drug-likeness (QED) is 0.706. The zero-order chi connectivity index (χ0) is 12.3. The topological polar surface area (TPSA) is 66.8 Å². The first-order chi connectivity index (χ1) is 7.45. The summed E-state index contributed by atoms with van der Waals surface area (Å²) in [5.41, 5.74) is -0.463. The molecule has 1 aliphatic carbocycles. The summed E-state index contributed by atoms with van der Waals surface area (Å²) in [5.74, 6) is -0.0167. The Hall–Kier alpha value is -0.610. The Morgan fingerprint density at radius 1 is 1.56 bits per heavy atom. The van der Waals surface area contributed by atoms with E-state index in [-0.39, 0.29) is 30.8 Å². The standard InChI is InChI=1S/C12H22O4/c1-8(7-13)9-4-5-10(14)12(9,2)6-11(15)16-3/h8-10,13-14H,4-7H2,1-3H3/t8?,9-,10-,12-/m1/s1. The lowest BCUT2D eigenvalue weighted by Crippen LogP contribution is -2.38. The Morgan fingerprint density at radius 3 is 2.69 bits per heavy atom. The third-order valence-electron chi connectivity index (χ3n) is 4.09. The van der Waals surface area contributed by atoms with Gasteiger partial charge in [0.25, 0.3) is 0 Å². The van der Waals surface area contributed by atoms with Crippen molar-refractivity contribution in [2.75, 3.05) is 13.7 Å². The summed E-state index contributed by atoms with van der Waals surface area (Å²) < 4.78 is 4.67. The molecule has 4 nitrogen and oxygen atoms in total. The maximum atomic E-state index is 11.4. The Kier molecular flexibility index (Phi) is 4.33. The molecule has 0 saturated heterocycles. The van der Waals surface area contributed by atoms with Crippen molar-refractivity contribution >= 4 is 5.97 Å². The molecule has 1 unspecified atom stereocenters. The van der Waals surface area contributed by atoms with Crippen LogP contribution in [0, 0.1) is 17.3 Å². The predicted molar refractivity (Wildman–Crippen MR) is 59.7 cm³/mol. The molecule has 4 atom stereocenters. The number of aliphatic hydroxyl groups excluding tert-OH is 2. The van der Waals surface area contributed by atoms with E-state index in [0.29, 0.717) is 6.42 Å². The fourth-order valence-electron chi connectivity index (χ4n) is 2.94. The molecule has 1 rings (SSSR count). The van der Waals surface area contributed by atoms with E-state index in [1.165, 1.54) is 7.11 Å². The van der Waals surface area contributed by atoms with Gasteiger partial charge in [-0.25, -0.2) is 0 Å². The van der Waals surface area contributed by atoms with Crippen LogP contribution in [-0.2, 0) is 9.53 Å². The molecular weight excluding hydrogens is 208 g/mol. The number of methoxy groups -OCH3 is 1. The van der Waals surface area contributed by atoms with Gasteiger partial charge in [0.15, 0.2) is 0 Å². The van der Waals surface area contributed by atoms with Gasteiger partial charge in [0.1, 0.15) is 0 Å². The summed E-state index contributed by atoms with van der Waals surface area (Å²) in [4.78, 5) is 11.4. The zero-order valence-electron chi connectivity index (χ0n) is 10.3. The fraction of sp³-hybridized carbons (Fsp3) is 0.917. The minimum Gasteiger partial charge on any atom is -0.469 e. The number of carbonyl (C=O) groups is 1. The van der Waals surface area contributed by atoms with E-state index in [0.717, 1.165) is 6.42 Å². The second-order valence-corrected chi connectivity index (χ2v) is 5.12. The second-order valence-electron chi connectivity index (χ2n) is 5.12. The smallest absolute Gasteiger partial charge is 0.306 e. The van der Waals surface area contributed by atoms with Gasteiger partial charge in [-0.2, -0.15) is 0 Å². The number of carbonyl (C=O) groups excluding carboxylic acids is 1. The number of hydrogen-bond donors (Lipinski definition) is 2. The minimum atomic E-state index is -0.481. The zero-order valence-corrected chi connectivity index (χ0v) is 10.3. The summed E-state index contributed by atoms with van der Waals surface area (Å²) in [6, 6.07) is 0. The molecule has 0 spiro atoms. The van der Waals surface area contributed by atoms with Crippen molar-refractivity contribution in [1.29, 1.82) is 0 Å². The average molecular weight is 230 g/mol. The van der Waals surface area contributed by atoms with Crippen molar-refractivity contribution < 1.29 is 19.7 Å². The summed E-state index contributed by atoms with van der Waals surface area (Å²) in [7, 11) is 1.36. The SMILES string of the molecule is COC(=O)C[C@@]1(C)[C@H](O)CC[C@@H]1C(C)CO. The van der Waals surface area contributed by atoms with Gasteiger partial charge in [0.2, 0.25) is 0 Å². The van der Waals surface area contributed by atoms with Gasteiger partial charge < -0.3 is 14.9 Å². The highest BCUT2D eigenvalue weighted by atomic mass is 16.5. The van der Waals surface area contributed by atoms with Crippen LogP contribution in [0.25, 0.3) is 0 Å². The molecule has 0 aliphatic heterocycles. The van der Waals surface area contributed by atoms with Gasteiger partial charge in [-0.1, -0.05) is 13.8 Å². The predicted octanol–water partition coefficient (Wildman–Crippen LogP) is 0.955. The molecule has 0 bridgehead atoms. The molecule has 1 fully saturated rings. The molecule has 0 heterocycles. The van der Waals surface area contributed by atoms with E-state index >= 15 is 0 Å². The van der Waals surface area contributed by atoms with Crippen LogP contribution < -0.4 is 0 Å². The van der Waals surface area contributed by atoms with Crippen molar-refractivity contribution in [3.8, 4) is 0 Å². The van der Waals surface area contributed by atoms with Crippen LogP contribution in [0.15, 0.2) is 0 Å². The highest BCUT2D eigenvalue weighted by molar-refractivity contribution is 5.70. The van der Waals surface area contributed by atoms with E-state index in [1.807, 2.05) is 13.8 Å². The average Bonchev–Trinajstić information content (AvgIpc) is 2.54. The van der Waals surface area contributed by atoms with Gasteiger partial charge in [-0.05, 0) is 24.7 Å². The van der Waals surface area contributed by atoms with Crippen molar-refractivity contribution in [3.05, 3.63) is 0 Å². The van der Waals surface area contributed by atoms with E-state index < -0.39 is 11.5 Å². The van der Waals surface area contributed by atoms with Crippen LogP contribution in [0.1, 0.15) is 33.1 Å². The first kappa shape index (κ1) is 13.5. The lowest BCUT2D eigenvalue weighted by atomic mass is 9.70. The summed E-state index contributed by atoms with van der Waals surface area (Å²) in [6.07, 6.45) is 1.30. The number of esters is 1. The molecular formula is C12H22O4. The molecule has 94 valence electrons. The maximum absolute atomic E-state index is 11.4. The van der Waals surface area contributed by atoms with Gasteiger partial charge in [-0.15, -0.1) is 0 Å². The van der Waals surface area contributed by atoms with Gasteiger partial charge in [0, 0.05) is 12.0 Å². The first-order valence-corrected chi connectivity index (χ1v) is 5.81. The van der Waals surface area contributed by atoms with Gasteiger partial charge in [0.05, 0.1) is 19.6 Å². The third-order valence-corrected chi connectivity index (χ3v) is 4.09. The first-order valence-electron chi connectivity index (χ1n) is 5.81. The number of hydrogen-bond acceptors (Lipinski definition) is 4. The van der Waals surface area contributed by atoms with Crippen molar-refractivity contribution in [1.82, 2.24) is 0 Å². The number of rotatable bonds is 4. The van der Waals surface area contributed by atoms with Gasteiger partial charge >= 0.3 is 5.97 Å². The van der Waals surface area contributed by atoms with E-state index in [2.05, 4.69) is 4.74 Å². The Morgan fingerprint density at radius 2 is 2.19 bits per heavy atom. The molecule has 0 aromatic carbocycles. The molecule has 1 aliphatic rings. The van der Waals surface area contributed by atoms with Crippen molar-refractivity contribution in [2.45, 2.75) is 39.2 Å². The molecule has 0 radical (unpaired) electrons. The van der Waals surface area contributed by atoms with E-state index in [1.54, 1.807) is 0 Å². The van der Waals surface area contributed by atoms with Crippen LogP contribution >= 0.6 is 0 Å². The molecule has 2 N–H and O–H groups in total. The van der Waals surface area contributed by atoms with Crippen LogP contribution in [0.4, 0.5) is 0 Å². The highest BCUT2D eigenvalue weighted by Crippen LogP contribution is 2.49. The highest BCUT2D eigenvalue weighted by Gasteiger charge is 2.49. The van der Waals surface area contributed by atoms with Crippen LogP contribution in [-0.4, -0.2) is 36.0 Å². The summed E-state index contributed by atoms with van der Waals surface area (Å²) in [6.45, 7) is 3.96. The second kappa shape index (κ2) is 5.15. The van der Waals surface area contributed by atoms with E-state index in [9.17, 15) is 15.0 Å². The minimum absolute atomic E-state index is 0.0914. The number of aliphatic hydroxyl groups is 2. The number of ether oxygens (including phenoxy) is 1. The monoisotopic (exact) mass is 230 g/mol. The maximum Gasteiger partial charge on any atom is 0.306 e. The Bertz CT molecular complexity index is 253. The van der Waals surface area contributed by atoms with E-state index in [4.69, 9.17) is 0 Å². The van der Waals surface area contributed by atoms with Crippen molar-refractivity contribution in [2.24, 2.45) is 17.3 Å². The molecule has 1 saturated carbocycles. The van der Waals surface area contributed by atoms with Crippen LogP contribution in [0.2, 0.25) is 0 Å². The lowest BCUT2D eigenvalue weighted by Gasteiger charge is -2.36. The normalized spacial score (nSPS) is 36.1. The molecule has 0 amide bonds. The molecule has 0 aromatic heterocycles. The van der Waals surface area contributed by atoms with Crippen LogP contribution in [0.5, 0.6) is 0 Å².